The summed E-state index contributed by atoms with van der Waals surface area (Å²) in [4.78, 5) is 0. The van der Waals surface area contributed by atoms with Crippen LogP contribution in [-0.4, -0.2) is 20.3 Å². The maximum Gasteiger partial charge on any atom is 0.119 e. The van der Waals surface area contributed by atoms with Gasteiger partial charge in [0.1, 0.15) is 18.1 Å². The summed E-state index contributed by atoms with van der Waals surface area (Å²) in [5.41, 5.74) is 0.969. The lowest BCUT2D eigenvalue weighted by atomic mass is 10.3. The Morgan fingerprint density at radius 1 is 1.10 bits per heavy atom. The van der Waals surface area contributed by atoms with Crippen molar-refractivity contribution >= 4 is 33.2 Å². The number of rotatable bonds is 6. The third-order valence-corrected chi connectivity index (χ3v) is 3.91. The fourth-order valence-corrected chi connectivity index (χ4v) is 2.07. The van der Waals surface area contributed by atoms with E-state index in [-0.39, 0.29) is 0 Å². The Labute approximate surface area is 132 Å². The minimum Gasteiger partial charge on any atom is -0.497 e. The van der Waals surface area contributed by atoms with E-state index in [0.29, 0.717) is 18.2 Å². The third-order valence-electron chi connectivity index (χ3n) is 2.68. The molecule has 2 aromatic carbocycles. The molecule has 0 atom stereocenters. The molecule has 0 saturated heterocycles. The van der Waals surface area contributed by atoms with E-state index >= 15 is 0 Å². The van der Waals surface area contributed by atoms with Crippen molar-refractivity contribution in [3.05, 3.63) is 52.0 Å². The van der Waals surface area contributed by atoms with E-state index in [1.54, 1.807) is 7.11 Å². The van der Waals surface area contributed by atoms with E-state index in [4.69, 9.17) is 21.1 Å². The van der Waals surface area contributed by atoms with Crippen LogP contribution >= 0.6 is 27.5 Å². The van der Waals surface area contributed by atoms with E-state index < -0.39 is 0 Å². The Balaban J connectivity index is 1.76. The van der Waals surface area contributed by atoms with Crippen molar-refractivity contribution in [2.75, 3.05) is 25.6 Å². The summed E-state index contributed by atoms with van der Waals surface area (Å²) in [6.07, 6.45) is 0. The van der Waals surface area contributed by atoms with Gasteiger partial charge in [-0.3, -0.25) is 0 Å². The van der Waals surface area contributed by atoms with E-state index in [9.17, 15) is 0 Å². The summed E-state index contributed by atoms with van der Waals surface area (Å²) in [6.45, 7) is 1.27. The first-order valence-electron chi connectivity index (χ1n) is 6.15. The Bertz CT molecular complexity index is 560. The van der Waals surface area contributed by atoms with Gasteiger partial charge in [-0.2, -0.15) is 0 Å². The van der Waals surface area contributed by atoms with Gasteiger partial charge < -0.3 is 14.8 Å². The highest BCUT2D eigenvalue weighted by Gasteiger charge is 1.99. The fourth-order valence-electron chi connectivity index (χ4n) is 1.64. The number of benzene rings is 2. The molecule has 0 saturated carbocycles. The second-order valence-electron chi connectivity index (χ2n) is 4.08. The van der Waals surface area contributed by atoms with Gasteiger partial charge in [-0.15, -0.1) is 0 Å². The number of nitrogens with one attached hydrogen (secondary N) is 1. The summed E-state index contributed by atoms with van der Waals surface area (Å²) in [5.74, 6) is 1.64. The number of ether oxygens (including phenoxy) is 2. The Hall–Kier alpha value is -1.39. The lowest BCUT2D eigenvalue weighted by Gasteiger charge is -2.09. The van der Waals surface area contributed by atoms with Gasteiger partial charge in [-0.1, -0.05) is 11.6 Å². The Kier molecular flexibility index (Phi) is 5.56. The van der Waals surface area contributed by atoms with Crippen molar-refractivity contribution in [3.63, 3.8) is 0 Å². The van der Waals surface area contributed by atoms with Crippen molar-refractivity contribution < 1.29 is 9.47 Å². The SMILES string of the molecule is COc1ccc(OCCNc2ccc(Br)c(Cl)c2)cc1. The molecule has 20 heavy (non-hydrogen) atoms. The molecule has 0 radical (unpaired) electrons. The van der Waals surface area contributed by atoms with Crippen LogP contribution in [0.25, 0.3) is 0 Å². The van der Waals surface area contributed by atoms with Crippen molar-refractivity contribution in [2.24, 2.45) is 0 Å². The lowest BCUT2D eigenvalue weighted by Crippen LogP contribution is -2.11. The fraction of sp³-hybridized carbons (Fsp3) is 0.200. The second-order valence-corrected chi connectivity index (χ2v) is 5.34. The van der Waals surface area contributed by atoms with E-state index in [1.807, 2.05) is 42.5 Å². The maximum atomic E-state index is 6.02. The van der Waals surface area contributed by atoms with Gasteiger partial charge in [0.25, 0.3) is 0 Å². The van der Waals surface area contributed by atoms with Gasteiger partial charge in [-0.05, 0) is 58.4 Å². The molecule has 0 unspecified atom stereocenters. The highest BCUT2D eigenvalue weighted by Crippen LogP contribution is 2.25. The lowest BCUT2D eigenvalue weighted by molar-refractivity contribution is 0.332. The predicted molar refractivity (Wildman–Crippen MR) is 86.1 cm³/mol. The Morgan fingerprint density at radius 2 is 1.80 bits per heavy atom. The molecule has 0 aliphatic rings. The molecule has 0 spiro atoms. The molecule has 0 aliphatic heterocycles. The largest absolute Gasteiger partial charge is 0.497 e. The zero-order chi connectivity index (χ0) is 14.4. The van der Waals surface area contributed by atoms with Crippen LogP contribution < -0.4 is 14.8 Å². The topological polar surface area (TPSA) is 30.5 Å². The van der Waals surface area contributed by atoms with Crippen molar-refractivity contribution in [1.82, 2.24) is 0 Å². The first kappa shape index (κ1) is 15.0. The van der Waals surface area contributed by atoms with Crippen LogP contribution in [-0.2, 0) is 0 Å². The number of hydrogen-bond acceptors (Lipinski definition) is 3. The second kappa shape index (κ2) is 7.41. The van der Waals surface area contributed by atoms with Crippen molar-refractivity contribution in [1.29, 1.82) is 0 Å². The third kappa shape index (κ3) is 4.32. The van der Waals surface area contributed by atoms with Crippen molar-refractivity contribution in [3.8, 4) is 11.5 Å². The summed E-state index contributed by atoms with van der Waals surface area (Å²) in [7, 11) is 1.64. The van der Waals surface area contributed by atoms with Gasteiger partial charge in [-0.25, -0.2) is 0 Å². The molecule has 3 nitrogen and oxygen atoms in total. The molecular formula is C15H15BrClNO2. The van der Waals surface area contributed by atoms with Gasteiger partial charge >= 0.3 is 0 Å². The van der Waals surface area contributed by atoms with Crippen LogP contribution in [0, 0.1) is 0 Å². The monoisotopic (exact) mass is 355 g/mol. The summed E-state index contributed by atoms with van der Waals surface area (Å²) >= 11 is 9.38. The molecule has 0 bridgehead atoms. The minimum atomic E-state index is 0.569. The number of methoxy groups -OCH3 is 1. The van der Waals surface area contributed by atoms with Gasteiger partial charge in [0.2, 0.25) is 0 Å². The molecule has 5 heteroatoms. The molecule has 106 valence electrons. The molecule has 0 heterocycles. The van der Waals surface area contributed by atoms with Gasteiger partial charge in [0.15, 0.2) is 0 Å². The maximum absolute atomic E-state index is 6.02. The molecule has 2 aromatic rings. The van der Waals surface area contributed by atoms with Crippen LogP contribution in [0.1, 0.15) is 0 Å². The quantitative estimate of drug-likeness (QED) is 0.767. The summed E-state index contributed by atoms with van der Waals surface area (Å²) < 4.78 is 11.6. The predicted octanol–water partition coefficient (Wildman–Crippen LogP) is 4.60. The van der Waals surface area contributed by atoms with Crippen molar-refractivity contribution in [2.45, 2.75) is 0 Å². The summed E-state index contributed by atoms with van der Waals surface area (Å²) in [5, 5.41) is 3.94. The zero-order valence-corrected chi connectivity index (χ0v) is 13.4. The highest BCUT2D eigenvalue weighted by atomic mass is 79.9. The first-order valence-corrected chi connectivity index (χ1v) is 7.32. The number of anilines is 1. The molecule has 1 N–H and O–H groups in total. The average molecular weight is 357 g/mol. The minimum absolute atomic E-state index is 0.569. The van der Waals surface area contributed by atoms with Gasteiger partial charge in [0.05, 0.1) is 12.1 Å². The Morgan fingerprint density at radius 3 is 2.45 bits per heavy atom. The van der Waals surface area contributed by atoms with Gasteiger partial charge in [0, 0.05) is 16.7 Å². The van der Waals surface area contributed by atoms with E-state index in [1.165, 1.54) is 0 Å². The zero-order valence-electron chi connectivity index (χ0n) is 11.0. The number of halogens is 2. The molecule has 2 rings (SSSR count). The number of hydrogen-bond donors (Lipinski definition) is 1. The first-order chi connectivity index (χ1) is 9.69. The molecular weight excluding hydrogens is 342 g/mol. The molecule has 0 fully saturated rings. The summed E-state index contributed by atoms with van der Waals surface area (Å²) in [6, 6.07) is 13.3. The van der Waals surface area contributed by atoms with Crippen LogP contribution in [0.2, 0.25) is 5.02 Å². The van der Waals surface area contributed by atoms with Crippen LogP contribution in [0.15, 0.2) is 46.9 Å². The highest BCUT2D eigenvalue weighted by molar-refractivity contribution is 9.10. The standard InChI is InChI=1S/C15H15BrClNO2/c1-19-12-3-5-13(6-4-12)20-9-8-18-11-2-7-14(16)15(17)10-11/h2-7,10,18H,8-9H2,1H3. The molecule has 0 aliphatic carbocycles. The van der Waals surface area contributed by atoms with Crippen LogP contribution in [0.5, 0.6) is 11.5 Å². The van der Waals surface area contributed by atoms with Crippen LogP contribution in [0.4, 0.5) is 5.69 Å². The molecule has 0 amide bonds. The average Bonchev–Trinajstić information content (AvgIpc) is 2.48. The van der Waals surface area contributed by atoms with E-state index in [0.717, 1.165) is 21.7 Å². The van der Waals surface area contributed by atoms with Crippen LogP contribution in [0.3, 0.4) is 0 Å². The van der Waals surface area contributed by atoms with E-state index in [2.05, 4.69) is 21.2 Å². The molecule has 0 aromatic heterocycles. The normalized spacial score (nSPS) is 10.2. The smallest absolute Gasteiger partial charge is 0.119 e.